The van der Waals surface area contributed by atoms with Gasteiger partial charge in [-0.3, -0.25) is 9.98 Å². The van der Waals surface area contributed by atoms with Crippen molar-refractivity contribution in [2.45, 2.75) is 25.7 Å². The number of halogens is 1. The maximum absolute atomic E-state index is 4.74. The van der Waals surface area contributed by atoms with Crippen LogP contribution in [0.1, 0.15) is 29.7 Å². The topological polar surface area (TPSA) is 49.3 Å². The van der Waals surface area contributed by atoms with Gasteiger partial charge < -0.3 is 10.6 Å². The van der Waals surface area contributed by atoms with E-state index < -0.39 is 0 Å². The van der Waals surface area contributed by atoms with E-state index in [4.69, 9.17) is 4.99 Å². The molecular formula is C19H25IN4. The number of aromatic nitrogens is 1. The Morgan fingerprint density at radius 3 is 2.75 bits per heavy atom. The summed E-state index contributed by atoms with van der Waals surface area (Å²) >= 11 is 0. The van der Waals surface area contributed by atoms with Crippen molar-refractivity contribution in [1.29, 1.82) is 0 Å². The molecule has 1 aromatic carbocycles. The van der Waals surface area contributed by atoms with Gasteiger partial charge in [0.1, 0.15) is 0 Å². The molecule has 128 valence electrons. The lowest BCUT2D eigenvalue weighted by Crippen LogP contribution is -2.39. The van der Waals surface area contributed by atoms with Crippen LogP contribution in [-0.4, -0.2) is 30.6 Å². The van der Waals surface area contributed by atoms with E-state index in [2.05, 4.69) is 52.9 Å². The number of hydrogen-bond acceptors (Lipinski definition) is 2. The van der Waals surface area contributed by atoms with E-state index in [1.54, 1.807) is 0 Å². The van der Waals surface area contributed by atoms with Gasteiger partial charge in [-0.2, -0.15) is 0 Å². The number of rotatable bonds is 6. The highest BCUT2D eigenvalue weighted by atomic mass is 127. The monoisotopic (exact) mass is 436 g/mol. The molecule has 2 N–H and O–H groups in total. The minimum Gasteiger partial charge on any atom is -0.357 e. The van der Waals surface area contributed by atoms with Gasteiger partial charge in [-0.05, 0) is 36.6 Å². The van der Waals surface area contributed by atoms with Crippen LogP contribution in [0.2, 0.25) is 0 Å². The van der Waals surface area contributed by atoms with E-state index in [0.29, 0.717) is 5.92 Å². The average molecular weight is 436 g/mol. The minimum atomic E-state index is 0. The lowest BCUT2D eigenvalue weighted by molar-refractivity contribution is 0.614. The molecule has 0 fully saturated rings. The zero-order valence-electron chi connectivity index (χ0n) is 14.0. The fourth-order valence-corrected chi connectivity index (χ4v) is 2.92. The second kappa shape index (κ2) is 9.61. The highest BCUT2D eigenvalue weighted by Gasteiger charge is 2.24. The van der Waals surface area contributed by atoms with Gasteiger partial charge in [0.15, 0.2) is 5.96 Å². The summed E-state index contributed by atoms with van der Waals surface area (Å²) in [5.74, 6) is 1.46. The molecular weight excluding hydrogens is 411 g/mol. The fourth-order valence-electron chi connectivity index (χ4n) is 2.92. The quantitative estimate of drug-likeness (QED) is 0.416. The molecule has 1 aliphatic carbocycles. The Balaban J connectivity index is 0.00000208. The fraction of sp³-hybridized carbons (Fsp3) is 0.368. The molecule has 0 spiro atoms. The number of nitrogens with one attached hydrogen (secondary N) is 2. The zero-order valence-corrected chi connectivity index (χ0v) is 16.4. The average Bonchev–Trinajstić information content (AvgIpc) is 2.56. The summed E-state index contributed by atoms with van der Waals surface area (Å²) in [6.45, 7) is 4.64. The van der Waals surface area contributed by atoms with E-state index in [-0.39, 0.29) is 24.0 Å². The number of fused-ring (bicyclic) bond motifs is 1. The van der Waals surface area contributed by atoms with Crippen LogP contribution in [0, 0.1) is 0 Å². The molecule has 4 nitrogen and oxygen atoms in total. The van der Waals surface area contributed by atoms with Crippen LogP contribution in [0.3, 0.4) is 0 Å². The van der Waals surface area contributed by atoms with Crippen LogP contribution < -0.4 is 10.6 Å². The van der Waals surface area contributed by atoms with Gasteiger partial charge in [0.05, 0.1) is 0 Å². The van der Waals surface area contributed by atoms with E-state index in [9.17, 15) is 0 Å². The van der Waals surface area contributed by atoms with E-state index in [1.165, 1.54) is 11.1 Å². The largest absolute Gasteiger partial charge is 0.357 e. The first kappa shape index (κ1) is 18.7. The van der Waals surface area contributed by atoms with Crippen molar-refractivity contribution in [3.05, 3.63) is 65.5 Å². The molecule has 3 rings (SSSR count). The molecule has 1 aromatic heterocycles. The molecule has 24 heavy (non-hydrogen) atoms. The van der Waals surface area contributed by atoms with Crippen molar-refractivity contribution < 1.29 is 0 Å². The van der Waals surface area contributed by atoms with Crippen molar-refractivity contribution in [3.8, 4) is 0 Å². The van der Waals surface area contributed by atoms with Crippen LogP contribution in [0.4, 0.5) is 0 Å². The predicted octanol–water partition coefficient (Wildman–Crippen LogP) is 3.14. The highest BCUT2D eigenvalue weighted by molar-refractivity contribution is 14.0. The van der Waals surface area contributed by atoms with Crippen LogP contribution in [0.5, 0.6) is 0 Å². The summed E-state index contributed by atoms with van der Waals surface area (Å²) in [4.78, 5) is 9.08. The van der Waals surface area contributed by atoms with Crippen molar-refractivity contribution >= 4 is 29.9 Å². The third-order valence-corrected chi connectivity index (χ3v) is 4.17. The summed E-state index contributed by atoms with van der Waals surface area (Å²) < 4.78 is 0. The third kappa shape index (κ3) is 4.93. The Morgan fingerprint density at radius 1 is 1.17 bits per heavy atom. The zero-order chi connectivity index (χ0) is 15.9. The first-order valence-electron chi connectivity index (χ1n) is 8.36. The summed E-state index contributed by atoms with van der Waals surface area (Å²) in [6.07, 6.45) is 3.88. The van der Waals surface area contributed by atoms with E-state index in [1.807, 2.05) is 18.3 Å². The highest BCUT2D eigenvalue weighted by Crippen LogP contribution is 2.34. The molecule has 0 saturated heterocycles. The van der Waals surface area contributed by atoms with Crippen LogP contribution >= 0.6 is 24.0 Å². The van der Waals surface area contributed by atoms with Crippen molar-refractivity contribution in [2.24, 2.45) is 4.99 Å². The van der Waals surface area contributed by atoms with Gasteiger partial charge in [-0.25, -0.2) is 0 Å². The van der Waals surface area contributed by atoms with Gasteiger partial charge >= 0.3 is 0 Å². The van der Waals surface area contributed by atoms with Crippen molar-refractivity contribution in [3.63, 3.8) is 0 Å². The number of hydrogen-bond donors (Lipinski definition) is 2. The van der Waals surface area contributed by atoms with Crippen LogP contribution in [0.15, 0.2) is 53.7 Å². The normalized spacial score (nSPS) is 15.7. The number of nitrogens with zero attached hydrogens (tertiary/aromatic N) is 2. The minimum absolute atomic E-state index is 0. The third-order valence-electron chi connectivity index (χ3n) is 4.17. The Bertz CT molecular complexity index is 657. The summed E-state index contributed by atoms with van der Waals surface area (Å²) in [5.41, 5.74) is 4.03. The molecule has 0 amide bonds. The van der Waals surface area contributed by atoms with E-state index in [0.717, 1.165) is 44.1 Å². The molecule has 0 radical (unpaired) electrons. The molecule has 1 atom stereocenters. The maximum Gasteiger partial charge on any atom is 0.191 e. The van der Waals surface area contributed by atoms with Gasteiger partial charge in [-0.15, -0.1) is 24.0 Å². The van der Waals surface area contributed by atoms with Crippen molar-refractivity contribution in [2.75, 3.05) is 19.6 Å². The first-order valence-corrected chi connectivity index (χ1v) is 8.36. The summed E-state index contributed by atoms with van der Waals surface area (Å²) in [6, 6.07) is 14.7. The van der Waals surface area contributed by atoms with Gasteiger partial charge in [0.25, 0.3) is 0 Å². The van der Waals surface area contributed by atoms with Gasteiger partial charge in [0, 0.05) is 43.9 Å². The SMILES string of the molecule is CCNC(=NCC1Cc2ccccc21)NCCc1ccccn1.I. The Kier molecular flexibility index (Phi) is 7.49. The van der Waals surface area contributed by atoms with Crippen LogP contribution in [0.25, 0.3) is 0 Å². The summed E-state index contributed by atoms with van der Waals surface area (Å²) in [5, 5.41) is 6.71. The standard InChI is InChI=1S/C19H24N4.HI/c1-2-20-19(22-12-10-17-8-5-6-11-21-17)23-14-16-13-15-7-3-4-9-18(15)16;/h3-9,11,16H,2,10,12-14H2,1H3,(H2,20,22,23);1H. The lowest BCUT2D eigenvalue weighted by Gasteiger charge is -2.28. The molecule has 1 heterocycles. The van der Waals surface area contributed by atoms with Gasteiger partial charge in [0.2, 0.25) is 0 Å². The number of guanidine groups is 1. The molecule has 1 unspecified atom stereocenters. The van der Waals surface area contributed by atoms with Gasteiger partial charge in [-0.1, -0.05) is 30.3 Å². The second-order valence-electron chi connectivity index (χ2n) is 5.82. The predicted molar refractivity (Wildman–Crippen MR) is 110 cm³/mol. The second-order valence-corrected chi connectivity index (χ2v) is 5.82. The molecule has 0 bridgehead atoms. The van der Waals surface area contributed by atoms with E-state index >= 15 is 0 Å². The van der Waals surface area contributed by atoms with Crippen LogP contribution in [-0.2, 0) is 12.8 Å². The first-order chi connectivity index (χ1) is 11.4. The molecule has 0 aliphatic heterocycles. The number of benzene rings is 1. The molecule has 1 aliphatic rings. The number of pyridine rings is 1. The molecule has 5 heteroatoms. The maximum atomic E-state index is 4.74. The smallest absolute Gasteiger partial charge is 0.191 e. The van der Waals surface area contributed by atoms with Crippen molar-refractivity contribution in [1.82, 2.24) is 15.6 Å². The molecule has 0 saturated carbocycles. The number of aliphatic imine (C=N–C) groups is 1. The lowest BCUT2D eigenvalue weighted by atomic mass is 9.78. The Morgan fingerprint density at radius 2 is 2.00 bits per heavy atom. The Labute approximate surface area is 161 Å². The Hall–Kier alpha value is -1.63. The summed E-state index contributed by atoms with van der Waals surface area (Å²) in [7, 11) is 0. The molecule has 2 aromatic rings.